The fraction of sp³-hybridized carbons (Fsp3) is 0.500. The van der Waals surface area contributed by atoms with Crippen molar-refractivity contribution in [2.75, 3.05) is 19.7 Å². The molecule has 94 valence electrons. The molecule has 0 amide bonds. The fourth-order valence-corrected chi connectivity index (χ4v) is 1.63. The summed E-state index contributed by atoms with van der Waals surface area (Å²) < 4.78 is 5.45. The highest BCUT2D eigenvalue weighted by Gasteiger charge is 2.15. The van der Waals surface area contributed by atoms with Crippen LogP contribution in [0.1, 0.15) is 6.42 Å². The van der Waals surface area contributed by atoms with Crippen molar-refractivity contribution in [3.05, 3.63) is 28.4 Å². The molecular weight excluding hydrogens is 246 g/mol. The molecule has 0 aromatic carbocycles. The second-order valence-electron chi connectivity index (χ2n) is 3.78. The molecule has 0 aliphatic carbocycles. The minimum atomic E-state index is -0.475. The van der Waals surface area contributed by atoms with Gasteiger partial charge in [-0.1, -0.05) is 0 Å². The van der Waals surface area contributed by atoms with E-state index >= 15 is 0 Å². The normalized spacial score (nSPS) is 18.5. The Bertz CT molecular complexity index is 366. The van der Waals surface area contributed by atoms with E-state index < -0.39 is 4.92 Å². The van der Waals surface area contributed by atoms with E-state index in [1.165, 1.54) is 18.3 Å². The number of pyridine rings is 1. The molecule has 1 saturated heterocycles. The molecule has 6 nitrogen and oxygen atoms in total. The topological polar surface area (TPSA) is 77.3 Å². The van der Waals surface area contributed by atoms with Crippen LogP contribution in [0.15, 0.2) is 18.3 Å². The molecule has 1 atom stereocenters. The smallest absolute Gasteiger partial charge is 0.287 e. The molecule has 0 radical (unpaired) electrons. The van der Waals surface area contributed by atoms with Crippen molar-refractivity contribution in [2.24, 2.45) is 5.92 Å². The van der Waals surface area contributed by atoms with Gasteiger partial charge in [0.25, 0.3) is 5.69 Å². The second kappa shape index (κ2) is 6.36. The van der Waals surface area contributed by atoms with Crippen LogP contribution in [-0.2, 0) is 0 Å². The predicted molar refractivity (Wildman–Crippen MR) is 64.6 cm³/mol. The number of aromatic nitrogens is 1. The molecule has 7 heteroatoms. The zero-order valence-corrected chi connectivity index (χ0v) is 9.98. The summed E-state index contributed by atoms with van der Waals surface area (Å²) in [5.41, 5.74) is -0.0186. The first kappa shape index (κ1) is 13.7. The van der Waals surface area contributed by atoms with Gasteiger partial charge in [-0.2, -0.15) is 0 Å². The Morgan fingerprint density at radius 3 is 2.94 bits per heavy atom. The quantitative estimate of drug-likeness (QED) is 0.653. The lowest BCUT2D eigenvalue weighted by Gasteiger charge is -2.09. The zero-order chi connectivity index (χ0) is 11.4. The zero-order valence-electron chi connectivity index (χ0n) is 9.17. The lowest BCUT2D eigenvalue weighted by molar-refractivity contribution is -0.385. The molecule has 1 aromatic heterocycles. The van der Waals surface area contributed by atoms with E-state index in [-0.39, 0.29) is 18.1 Å². The minimum absolute atomic E-state index is 0. The summed E-state index contributed by atoms with van der Waals surface area (Å²) in [6.07, 6.45) is 2.31. The summed E-state index contributed by atoms with van der Waals surface area (Å²) in [5, 5.41) is 13.6. The van der Waals surface area contributed by atoms with E-state index in [9.17, 15) is 10.1 Å². The second-order valence-corrected chi connectivity index (χ2v) is 3.78. The Kier molecular flexibility index (Phi) is 5.11. The van der Waals surface area contributed by atoms with Gasteiger partial charge in [0.1, 0.15) is 6.20 Å². The summed E-state index contributed by atoms with van der Waals surface area (Å²) in [6.45, 7) is 2.60. The summed E-state index contributed by atoms with van der Waals surface area (Å²) in [7, 11) is 0. The van der Waals surface area contributed by atoms with Crippen molar-refractivity contribution in [2.45, 2.75) is 6.42 Å². The van der Waals surface area contributed by atoms with Gasteiger partial charge >= 0.3 is 0 Å². The molecule has 1 N–H and O–H groups in total. The first-order valence-corrected chi connectivity index (χ1v) is 5.19. The number of nitrogens with one attached hydrogen (secondary N) is 1. The Morgan fingerprint density at radius 1 is 1.59 bits per heavy atom. The van der Waals surface area contributed by atoms with Gasteiger partial charge in [0.15, 0.2) is 0 Å². The van der Waals surface area contributed by atoms with Gasteiger partial charge in [-0.25, -0.2) is 4.98 Å². The average molecular weight is 260 g/mol. The Balaban J connectivity index is 0.00000144. The van der Waals surface area contributed by atoms with Crippen LogP contribution in [0.4, 0.5) is 5.69 Å². The van der Waals surface area contributed by atoms with Crippen LogP contribution in [-0.4, -0.2) is 29.6 Å². The van der Waals surface area contributed by atoms with Crippen molar-refractivity contribution in [1.29, 1.82) is 0 Å². The van der Waals surface area contributed by atoms with E-state index in [0.29, 0.717) is 18.4 Å². The third-order valence-corrected chi connectivity index (χ3v) is 2.56. The molecule has 1 aliphatic heterocycles. The number of nitro groups is 1. The van der Waals surface area contributed by atoms with E-state index in [4.69, 9.17) is 4.74 Å². The molecule has 1 fully saturated rings. The number of nitrogens with zero attached hydrogens (tertiary/aromatic N) is 2. The summed E-state index contributed by atoms with van der Waals surface area (Å²) in [6, 6.07) is 2.93. The van der Waals surface area contributed by atoms with Gasteiger partial charge in [0, 0.05) is 24.6 Å². The molecule has 0 bridgehead atoms. The number of ether oxygens (including phenoxy) is 1. The number of rotatable bonds is 4. The van der Waals surface area contributed by atoms with Crippen molar-refractivity contribution < 1.29 is 9.66 Å². The highest BCUT2D eigenvalue weighted by atomic mass is 35.5. The Morgan fingerprint density at radius 2 is 2.41 bits per heavy atom. The molecule has 17 heavy (non-hydrogen) atoms. The van der Waals surface area contributed by atoms with Crippen LogP contribution >= 0.6 is 12.4 Å². The molecule has 2 heterocycles. The van der Waals surface area contributed by atoms with Crippen molar-refractivity contribution in [3.8, 4) is 5.88 Å². The van der Waals surface area contributed by atoms with Crippen molar-refractivity contribution in [1.82, 2.24) is 10.3 Å². The van der Waals surface area contributed by atoms with Crippen LogP contribution < -0.4 is 10.1 Å². The monoisotopic (exact) mass is 259 g/mol. The highest BCUT2D eigenvalue weighted by molar-refractivity contribution is 5.85. The minimum Gasteiger partial charge on any atom is -0.477 e. The number of halogens is 1. The van der Waals surface area contributed by atoms with Crippen LogP contribution in [0.25, 0.3) is 0 Å². The Labute approximate surface area is 105 Å². The third kappa shape index (κ3) is 3.83. The fourth-order valence-electron chi connectivity index (χ4n) is 1.63. The van der Waals surface area contributed by atoms with E-state index in [1.807, 2.05) is 0 Å². The Hall–Kier alpha value is -1.40. The third-order valence-electron chi connectivity index (χ3n) is 2.56. The summed E-state index contributed by atoms with van der Waals surface area (Å²) >= 11 is 0. The van der Waals surface area contributed by atoms with Gasteiger partial charge in [0.05, 0.1) is 11.5 Å². The van der Waals surface area contributed by atoms with E-state index in [1.54, 1.807) is 0 Å². The van der Waals surface area contributed by atoms with Gasteiger partial charge in [0.2, 0.25) is 5.88 Å². The van der Waals surface area contributed by atoms with Crippen molar-refractivity contribution in [3.63, 3.8) is 0 Å². The molecule has 1 aliphatic rings. The molecule has 0 unspecified atom stereocenters. The summed E-state index contributed by atoms with van der Waals surface area (Å²) in [5.74, 6) is 0.953. The maximum absolute atomic E-state index is 10.4. The molecule has 1 aromatic rings. The first-order chi connectivity index (χ1) is 7.75. The predicted octanol–water partition coefficient (Wildman–Crippen LogP) is 1.40. The largest absolute Gasteiger partial charge is 0.477 e. The molecule has 0 spiro atoms. The van der Waals surface area contributed by atoms with Gasteiger partial charge in [-0.3, -0.25) is 10.1 Å². The number of hydrogen-bond acceptors (Lipinski definition) is 5. The first-order valence-electron chi connectivity index (χ1n) is 5.19. The van der Waals surface area contributed by atoms with Gasteiger partial charge < -0.3 is 10.1 Å². The van der Waals surface area contributed by atoms with E-state index in [0.717, 1.165) is 19.5 Å². The highest BCUT2D eigenvalue weighted by Crippen LogP contribution is 2.15. The lowest BCUT2D eigenvalue weighted by atomic mass is 10.1. The van der Waals surface area contributed by atoms with Crippen LogP contribution in [0.3, 0.4) is 0 Å². The average Bonchev–Trinajstić information content (AvgIpc) is 2.80. The molecule has 2 rings (SSSR count). The van der Waals surface area contributed by atoms with E-state index in [2.05, 4.69) is 10.3 Å². The number of hydrogen-bond donors (Lipinski definition) is 1. The van der Waals surface area contributed by atoms with Crippen LogP contribution in [0, 0.1) is 16.0 Å². The molecular formula is C10H14ClN3O3. The van der Waals surface area contributed by atoms with Gasteiger partial charge in [-0.15, -0.1) is 12.4 Å². The lowest BCUT2D eigenvalue weighted by Crippen LogP contribution is -2.15. The van der Waals surface area contributed by atoms with Gasteiger partial charge in [-0.05, 0) is 13.0 Å². The SMILES string of the molecule is Cl.O=[N+]([O-])c1ccc(OC[C@H]2CCNC2)nc1. The standard InChI is InChI=1S/C10H13N3O3.ClH/c14-13(15)9-1-2-10(12-6-9)16-7-8-3-4-11-5-8;/h1-2,6,8,11H,3-5,7H2;1H/t8-;/m0./s1. The molecule has 0 saturated carbocycles. The maximum Gasteiger partial charge on any atom is 0.287 e. The van der Waals surface area contributed by atoms with Crippen molar-refractivity contribution >= 4 is 18.1 Å². The van der Waals surface area contributed by atoms with Crippen LogP contribution in [0.5, 0.6) is 5.88 Å². The maximum atomic E-state index is 10.4. The van der Waals surface area contributed by atoms with Crippen LogP contribution in [0.2, 0.25) is 0 Å². The summed E-state index contributed by atoms with van der Waals surface area (Å²) in [4.78, 5) is 13.8.